The number of anilines is 1. The van der Waals surface area contributed by atoms with E-state index in [0.717, 1.165) is 15.9 Å². The van der Waals surface area contributed by atoms with Gasteiger partial charge in [-0.2, -0.15) is 0 Å². The third kappa shape index (κ3) is 3.12. The Labute approximate surface area is 159 Å². The fourth-order valence-electron chi connectivity index (χ4n) is 3.21. The molecule has 0 bridgehead atoms. The van der Waals surface area contributed by atoms with E-state index in [1.165, 1.54) is 11.3 Å². The number of nitrogens with zero attached hydrogens (tertiary/aromatic N) is 3. The van der Waals surface area contributed by atoms with Crippen LogP contribution in [0.15, 0.2) is 40.5 Å². The highest BCUT2D eigenvalue weighted by Gasteiger charge is 2.35. The molecule has 0 radical (unpaired) electrons. The van der Waals surface area contributed by atoms with Crippen molar-refractivity contribution < 1.29 is 9.59 Å². The molecule has 8 heteroatoms. The van der Waals surface area contributed by atoms with Crippen LogP contribution >= 0.6 is 11.3 Å². The maximum absolute atomic E-state index is 12.7. The van der Waals surface area contributed by atoms with Crippen LogP contribution in [0.3, 0.4) is 0 Å². The average molecular weight is 382 g/mol. The molecule has 1 aliphatic rings. The summed E-state index contributed by atoms with van der Waals surface area (Å²) >= 11 is 1.38. The third-order valence-corrected chi connectivity index (χ3v) is 5.54. The molecule has 2 aromatic heterocycles. The number of aryl methyl sites for hydroxylation is 2. The van der Waals surface area contributed by atoms with Crippen LogP contribution in [0.1, 0.15) is 17.8 Å². The maximum Gasteiger partial charge on any atom is 0.281 e. The van der Waals surface area contributed by atoms with Crippen molar-refractivity contribution in [2.24, 2.45) is 5.92 Å². The molecule has 138 valence electrons. The van der Waals surface area contributed by atoms with Crippen LogP contribution in [0.25, 0.3) is 10.2 Å². The van der Waals surface area contributed by atoms with Crippen LogP contribution in [0.2, 0.25) is 0 Å². The first kappa shape index (κ1) is 17.4. The van der Waals surface area contributed by atoms with Crippen molar-refractivity contribution in [1.82, 2.24) is 9.66 Å². The van der Waals surface area contributed by atoms with E-state index in [1.807, 2.05) is 31.2 Å². The second kappa shape index (κ2) is 6.62. The fraction of sp³-hybridized carbons (Fsp3) is 0.263. The van der Waals surface area contributed by atoms with Gasteiger partial charge in [-0.05, 0) is 37.4 Å². The van der Waals surface area contributed by atoms with Gasteiger partial charge < -0.3 is 4.90 Å². The van der Waals surface area contributed by atoms with Crippen molar-refractivity contribution in [3.05, 3.63) is 57.5 Å². The van der Waals surface area contributed by atoms with Gasteiger partial charge in [-0.1, -0.05) is 17.7 Å². The second-order valence-corrected chi connectivity index (χ2v) is 7.55. The molecule has 0 aliphatic carbocycles. The summed E-state index contributed by atoms with van der Waals surface area (Å²) in [5, 5.41) is 2.26. The molecule has 1 atom stereocenters. The van der Waals surface area contributed by atoms with E-state index in [1.54, 1.807) is 23.3 Å². The number of thiophene rings is 1. The zero-order chi connectivity index (χ0) is 19.1. The van der Waals surface area contributed by atoms with E-state index < -0.39 is 5.92 Å². The van der Waals surface area contributed by atoms with Crippen molar-refractivity contribution in [3.8, 4) is 0 Å². The molecule has 1 aromatic carbocycles. The van der Waals surface area contributed by atoms with Gasteiger partial charge in [-0.15, -0.1) is 11.3 Å². The smallest absolute Gasteiger partial charge is 0.281 e. The lowest BCUT2D eigenvalue weighted by atomic mass is 10.1. The number of carbonyl (C=O) groups excluding carboxylic acids is 2. The molecule has 3 heterocycles. The monoisotopic (exact) mass is 382 g/mol. The normalized spacial score (nSPS) is 16.9. The minimum absolute atomic E-state index is 0.102. The molecule has 1 saturated heterocycles. The Hall–Kier alpha value is -3.00. The van der Waals surface area contributed by atoms with E-state index in [-0.39, 0.29) is 30.3 Å². The van der Waals surface area contributed by atoms with Crippen LogP contribution in [-0.2, 0) is 9.59 Å². The summed E-state index contributed by atoms with van der Waals surface area (Å²) < 4.78 is 1.16. The van der Waals surface area contributed by atoms with Crippen molar-refractivity contribution in [2.75, 3.05) is 16.9 Å². The molecule has 1 fully saturated rings. The zero-order valence-corrected chi connectivity index (χ0v) is 15.7. The van der Waals surface area contributed by atoms with Crippen LogP contribution in [0.4, 0.5) is 5.69 Å². The Morgan fingerprint density at radius 3 is 2.67 bits per heavy atom. The Kier molecular flexibility index (Phi) is 4.27. The van der Waals surface area contributed by atoms with Gasteiger partial charge in [0.05, 0.1) is 11.3 Å². The first-order valence-corrected chi connectivity index (χ1v) is 9.47. The van der Waals surface area contributed by atoms with Crippen molar-refractivity contribution in [3.63, 3.8) is 0 Å². The van der Waals surface area contributed by atoms with Gasteiger partial charge in [0.2, 0.25) is 11.8 Å². The van der Waals surface area contributed by atoms with Gasteiger partial charge in [0, 0.05) is 18.7 Å². The fourth-order valence-corrected chi connectivity index (χ4v) is 4.01. The van der Waals surface area contributed by atoms with Crippen LogP contribution in [0.5, 0.6) is 0 Å². The summed E-state index contributed by atoms with van der Waals surface area (Å²) in [4.78, 5) is 44.2. The molecule has 3 aromatic rings. The molecule has 7 nitrogen and oxygen atoms in total. The Balaban J connectivity index is 1.55. The Morgan fingerprint density at radius 1 is 1.19 bits per heavy atom. The quantitative estimate of drug-likeness (QED) is 0.753. The van der Waals surface area contributed by atoms with E-state index in [4.69, 9.17) is 0 Å². The standard InChI is InChI=1S/C19H18N4O3S/c1-11-3-5-14(6-4-11)22-10-13(9-16(22)24)17(25)21-23-12(2)20-18-15(19(23)26)7-8-27-18/h3-8,13H,9-10H2,1-2H3,(H,21,25). The molecular formula is C19H18N4O3S. The van der Waals surface area contributed by atoms with E-state index in [0.29, 0.717) is 16.0 Å². The lowest BCUT2D eigenvalue weighted by Gasteiger charge is -2.17. The van der Waals surface area contributed by atoms with Gasteiger partial charge in [-0.3, -0.25) is 19.8 Å². The largest absolute Gasteiger partial charge is 0.312 e. The zero-order valence-electron chi connectivity index (χ0n) is 14.9. The van der Waals surface area contributed by atoms with E-state index in [9.17, 15) is 14.4 Å². The van der Waals surface area contributed by atoms with Gasteiger partial charge in [-0.25, -0.2) is 9.66 Å². The first-order valence-electron chi connectivity index (χ1n) is 8.59. The Bertz CT molecular complexity index is 1100. The molecule has 2 amide bonds. The lowest BCUT2D eigenvalue weighted by Crippen LogP contribution is -2.39. The molecule has 0 spiro atoms. The summed E-state index contributed by atoms with van der Waals surface area (Å²) in [5.41, 5.74) is 4.20. The number of rotatable bonds is 3. The summed E-state index contributed by atoms with van der Waals surface area (Å²) in [6.07, 6.45) is 0.113. The number of hydrogen-bond donors (Lipinski definition) is 1. The molecular weight excluding hydrogens is 364 g/mol. The number of fused-ring (bicyclic) bond motifs is 1. The molecule has 1 N–H and O–H groups in total. The number of aromatic nitrogens is 2. The van der Waals surface area contributed by atoms with Crippen LogP contribution in [0, 0.1) is 19.8 Å². The van der Waals surface area contributed by atoms with Crippen molar-refractivity contribution in [1.29, 1.82) is 0 Å². The van der Waals surface area contributed by atoms with Crippen molar-refractivity contribution >= 4 is 39.1 Å². The summed E-state index contributed by atoms with van der Waals surface area (Å²) in [6.45, 7) is 3.93. The summed E-state index contributed by atoms with van der Waals surface area (Å²) in [7, 11) is 0. The highest BCUT2D eigenvalue weighted by atomic mass is 32.1. The topological polar surface area (TPSA) is 84.3 Å². The molecule has 27 heavy (non-hydrogen) atoms. The number of carbonyl (C=O) groups is 2. The molecule has 0 saturated carbocycles. The number of amides is 2. The number of benzene rings is 1. The SMILES string of the molecule is Cc1ccc(N2CC(C(=O)Nn3c(C)nc4sccc4c3=O)CC2=O)cc1. The van der Waals surface area contributed by atoms with Crippen LogP contribution in [-0.4, -0.2) is 28.0 Å². The highest BCUT2D eigenvalue weighted by Crippen LogP contribution is 2.25. The molecule has 4 rings (SSSR count). The lowest BCUT2D eigenvalue weighted by molar-refractivity contribution is -0.123. The highest BCUT2D eigenvalue weighted by molar-refractivity contribution is 7.16. The summed E-state index contributed by atoms with van der Waals surface area (Å²) in [6, 6.07) is 9.30. The van der Waals surface area contributed by atoms with Gasteiger partial charge >= 0.3 is 0 Å². The average Bonchev–Trinajstić information content (AvgIpc) is 3.26. The first-order chi connectivity index (χ1) is 12.9. The van der Waals surface area contributed by atoms with Gasteiger partial charge in [0.25, 0.3) is 5.56 Å². The molecule has 1 unspecified atom stereocenters. The van der Waals surface area contributed by atoms with E-state index >= 15 is 0 Å². The Morgan fingerprint density at radius 2 is 1.93 bits per heavy atom. The number of hydrogen-bond acceptors (Lipinski definition) is 5. The minimum atomic E-state index is -0.525. The number of nitrogens with one attached hydrogen (secondary N) is 1. The van der Waals surface area contributed by atoms with Crippen LogP contribution < -0.4 is 15.9 Å². The maximum atomic E-state index is 12.7. The predicted molar refractivity (Wildman–Crippen MR) is 105 cm³/mol. The molecule has 1 aliphatic heterocycles. The second-order valence-electron chi connectivity index (χ2n) is 6.66. The van der Waals surface area contributed by atoms with Gasteiger partial charge in [0.15, 0.2) is 0 Å². The predicted octanol–water partition coefficient (Wildman–Crippen LogP) is 2.20. The third-order valence-electron chi connectivity index (χ3n) is 4.73. The van der Waals surface area contributed by atoms with Crippen molar-refractivity contribution in [2.45, 2.75) is 20.3 Å². The summed E-state index contributed by atoms with van der Waals surface area (Å²) in [5.74, 6) is -0.583. The van der Waals surface area contributed by atoms with Gasteiger partial charge in [0.1, 0.15) is 10.7 Å². The van der Waals surface area contributed by atoms with E-state index in [2.05, 4.69) is 10.4 Å². The minimum Gasteiger partial charge on any atom is -0.312 e.